The van der Waals surface area contributed by atoms with Crippen LogP contribution in [0.3, 0.4) is 0 Å². The number of hydrogen-bond donors (Lipinski definition) is 3. The second-order valence-corrected chi connectivity index (χ2v) is 13.5. The third-order valence-corrected chi connectivity index (χ3v) is 9.24. The van der Waals surface area contributed by atoms with Gasteiger partial charge in [-0.05, 0) is 37.5 Å². The van der Waals surface area contributed by atoms with Crippen molar-refractivity contribution in [3.8, 4) is 0 Å². The number of ether oxygens (including phenoxy) is 1. The Labute approximate surface area is 251 Å². The molecule has 4 heterocycles. The number of sulfonamides is 1. The average molecular weight is 643 g/mol. The van der Waals surface area contributed by atoms with Gasteiger partial charge in [0, 0.05) is 43.0 Å². The van der Waals surface area contributed by atoms with Crippen LogP contribution in [0.4, 0.5) is 13.2 Å². The second-order valence-electron chi connectivity index (χ2n) is 10.8. The van der Waals surface area contributed by atoms with Gasteiger partial charge in [-0.15, -0.1) is 11.3 Å². The van der Waals surface area contributed by atoms with E-state index in [0.29, 0.717) is 34.1 Å². The maximum Gasteiger partial charge on any atom is 0.338 e. The van der Waals surface area contributed by atoms with Crippen molar-refractivity contribution < 1.29 is 36.2 Å². The molecule has 4 atom stereocenters. The summed E-state index contributed by atoms with van der Waals surface area (Å²) in [5, 5.41) is 15.6. The molecule has 16 heteroatoms. The van der Waals surface area contributed by atoms with Gasteiger partial charge in [-0.3, -0.25) is 14.8 Å². The van der Waals surface area contributed by atoms with E-state index < -0.39 is 58.6 Å². The fourth-order valence-electron chi connectivity index (χ4n) is 6.10. The molecule has 0 radical (unpaired) electrons. The Morgan fingerprint density at radius 3 is 2.79 bits per heavy atom. The standard InChI is InChI=1S/C27H33F3N6O5S2/c1-4-41-26(38)21-18(32-24(25-31-9-11-42-25)33-22(21)16-6-5-7-17(28)15(16)2)12-36-14-27(29,30)23-19(36)8-10-35(23)13-20(37)34-43(3,39)40/h5-7,9,11,19-20,22-23,34,37H,4,8,10,12-14H2,1-3H3,(H,32,33). The molecule has 3 aliphatic rings. The van der Waals surface area contributed by atoms with E-state index in [2.05, 4.69) is 10.3 Å². The van der Waals surface area contributed by atoms with Crippen molar-refractivity contribution in [2.75, 3.05) is 39.0 Å². The van der Waals surface area contributed by atoms with Crippen LogP contribution in [-0.2, 0) is 19.6 Å². The van der Waals surface area contributed by atoms with Crippen molar-refractivity contribution in [1.82, 2.24) is 24.8 Å². The summed E-state index contributed by atoms with van der Waals surface area (Å²) in [4.78, 5) is 25.5. The number of aromatic nitrogens is 1. The Hall–Kier alpha value is -2.89. The summed E-state index contributed by atoms with van der Waals surface area (Å²) >= 11 is 1.29. The lowest BCUT2D eigenvalue weighted by Gasteiger charge is -2.31. The van der Waals surface area contributed by atoms with Gasteiger partial charge in [0.2, 0.25) is 10.0 Å². The van der Waals surface area contributed by atoms with E-state index in [-0.39, 0.29) is 31.8 Å². The van der Waals surface area contributed by atoms with Gasteiger partial charge in [0.1, 0.15) is 18.1 Å². The fraction of sp³-hybridized carbons (Fsp3) is 0.519. The average Bonchev–Trinajstić information content (AvgIpc) is 3.64. The van der Waals surface area contributed by atoms with Gasteiger partial charge in [-0.2, -0.15) is 4.72 Å². The summed E-state index contributed by atoms with van der Waals surface area (Å²) in [5.74, 6) is -4.06. The molecule has 0 saturated carbocycles. The van der Waals surface area contributed by atoms with Gasteiger partial charge >= 0.3 is 5.97 Å². The SMILES string of the molecule is CCOC(=O)C1=C(CN2CC(F)(F)C3C2CCN3CC(O)NS(C)(=O)=O)NC(c2nccs2)=NC1c1cccc(F)c1C. The van der Waals surface area contributed by atoms with Crippen LogP contribution in [0.25, 0.3) is 0 Å². The molecule has 2 aromatic rings. The number of aliphatic imine (C=N–C) groups is 1. The molecule has 1 aromatic heterocycles. The van der Waals surface area contributed by atoms with Crippen molar-refractivity contribution >= 4 is 33.2 Å². The molecule has 5 rings (SSSR count). The van der Waals surface area contributed by atoms with Crippen molar-refractivity contribution in [3.63, 3.8) is 0 Å². The van der Waals surface area contributed by atoms with E-state index in [0.717, 1.165) is 6.26 Å². The minimum Gasteiger partial charge on any atom is -0.463 e. The van der Waals surface area contributed by atoms with Crippen LogP contribution in [0.1, 0.15) is 35.5 Å². The van der Waals surface area contributed by atoms with E-state index in [1.807, 2.05) is 4.72 Å². The number of amidine groups is 1. The third-order valence-electron chi connectivity index (χ3n) is 7.76. The summed E-state index contributed by atoms with van der Waals surface area (Å²) in [7, 11) is -3.74. The first-order chi connectivity index (χ1) is 20.3. The number of benzene rings is 1. The first-order valence-corrected chi connectivity index (χ1v) is 16.5. The number of carbonyl (C=O) groups is 1. The molecule has 2 fully saturated rings. The molecule has 3 aliphatic heterocycles. The maximum absolute atomic E-state index is 15.6. The molecule has 0 aliphatic carbocycles. The Bertz CT molecular complexity index is 1540. The topological polar surface area (TPSA) is 136 Å². The number of alkyl halides is 2. The van der Waals surface area contributed by atoms with Gasteiger partial charge in [0.15, 0.2) is 10.8 Å². The number of nitrogens with one attached hydrogen (secondary N) is 2. The third kappa shape index (κ3) is 6.63. The molecule has 0 spiro atoms. The summed E-state index contributed by atoms with van der Waals surface area (Å²) in [6.07, 6.45) is 1.24. The van der Waals surface area contributed by atoms with Crippen molar-refractivity contribution in [3.05, 3.63) is 63.0 Å². The fourth-order valence-corrected chi connectivity index (χ4v) is 7.26. The van der Waals surface area contributed by atoms with Crippen molar-refractivity contribution in [2.45, 2.75) is 50.5 Å². The lowest BCUT2D eigenvalue weighted by molar-refractivity contribution is -0.139. The molecule has 4 unspecified atom stereocenters. The zero-order chi connectivity index (χ0) is 31.1. The minimum absolute atomic E-state index is 0.0544. The smallest absolute Gasteiger partial charge is 0.338 e. The highest BCUT2D eigenvalue weighted by Crippen LogP contribution is 2.43. The van der Waals surface area contributed by atoms with Crippen LogP contribution in [0.5, 0.6) is 0 Å². The monoisotopic (exact) mass is 642 g/mol. The predicted molar refractivity (Wildman–Crippen MR) is 154 cm³/mol. The van der Waals surface area contributed by atoms with Gasteiger partial charge < -0.3 is 15.2 Å². The normalized spacial score (nSPS) is 24.9. The van der Waals surface area contributed by atoms with E-state index in [1.165, 1.54) is 28.4 Å². The Balaban J connectivity index is 1.51. The van der Waals surface area contributed by atoms with Crippen LogP contribution in [-0.4, -0.2) is 103 Å². The molecular weight excluding hydrogens is 609 g/mol. The van der Waals surface area contributed by atoms with Gasteiger partial charge in [-0.1, -0.05) is 12.1 Å². The summed E-state index contributed by atoms with van der Waals surface area (Å²) in [6, 6.07) is 1.56. The summed E-state index contributed by atoms with van der Waals surface area (Å²) in [6.45, 7) is 2.44. The van der Waals surface area contributed by atoms with Crippen LogP contribution in [0.2, 0.25) is 0 Å². The van der Waals surface area contributed by atoms with Gasteiger partial charge in [0.25, 0.3) is 5.92 Å². The molecule has 0 amide bonds. The highest BCUT2D eigenvalue weighted by molar-refractivity contribution is 7.88. The highest BCUT2D eigenvalue weighted by Gasteiger charge is 2.59. The highest BCUT2D eigenvalue weighted by atomic mass is 32.2. The van der Waals surface area contributed by atoms with Gasteiger partial charge in [-0.25, -0.2) is 31.4 Å². The number of thiazole rings is 1. The number of likely N-dealkylation sites (tertiary alicyclic amines) is 2. The van der Waals surface area contributed by atoms with Crippen LogP contribution < -0.4 is 10.0 Å². The van der Waals surface area contributed by atoms with Crippen molar-refractivity contribution in [1.29, 1.82) is 0 Å². The number of nitrogens with zero attached hydrogens (tertiary/aromatic N) is 4. The lowest BCUT2D eigenvalue weighted by Crippen LogP contribution is -2.51. The van der Waals surface area contributed by atoms with E-state index >= 15 is 8.78 Å². The van der Waals surface area contributed by atoms with E-state index in [1.54, 1.807) is 36.4 Å². The molecule has 43 heavy (non-hydrogen) atoms. The molecule has 2 saturated heterocycles. The molecule has 0 bridgehead atoms. The summed E-state index contributed by atoms with van der Waals surface area (Å²) < 4.78 is 76.3. The number of carbonyl (C=O) groups excluding carboxylic acids is 1. The molecule has 11 nitrogen and oxygen atoms in total. The Kier molecular flexibility index (Phi) is 8.98. The zero-order valence-corrected chi connectivity index (χ0v) is 25.4. The predicted octanol–water partition coefficient (Wildman–Crippen LogP) is 1.76. The number of hydrogen-bond acceptors (Lipinski definition) is 11. The number of halogens is 3. The minimum atomic E-state index is -3.74. The number of rotatable bonds is 10. The Morgan fingerprint density at radius 1 is 1.35 bits per heavy atom. The first kappa shape index (κ1) is 31.5. The Morgan fingerprint density at radius 2 is 2.12 bits per heavy atom. The number of esters is 1. The van der Waals surface area contributed by atoms with E-state index in [9.17, 15) is 22.7 Å². The van der Waals surface area contributed by atoms with E-state index in [4.69, 9.17) is 9.73 Å². The van der Waals surface area contributed by atoms with Gasteiger partial charge in [0.05, 0.1) is 31.0 Å². The molecule has 234 valence electrons. The lowest BCUT2D eigenvalue weighted by atomic mass is 9.92. The second kappa shape index (κ2) is 12.2. The van der Waals surface area contributed by atoms with Crippen LogP contribution in [0, 0.1) is 12.7 Å². The number of aliphatic hydroxyl groups is 1. The van der Waals surface area contributed by atoms with Crippen LogP contribution in [0.15, 0.2) is 46.0 Å². The summed E-state index contributed by atoms with van der Waals surface area (Å²) in [5.41, 5.74) is 1.10. The molecule has 3 N–H and O–H groups in total. The van der Waals surface area contributed by atoms with Crippen LogP contribution >= 0.6 is 11.3 Å². The maximum atomic E-state index is 15.6. The van der Waals surface area contributed by atoms with Crippen molar-refractivity contribution in [2.24, 2.45) is 4.99 Å². The first-order valence-electron chi connectivity index (χ1n) is 13.7. The zero-order valence-electron chi connectivity index (χ0n) is 23.8. The number of β-amino-alcohol motifs (C(OH)–C–C–N with tert-alkyl or cyclic N) is 1. The number of fused-ring (bicyclic) bond motifs is 1. The molecular formula is C27H33F3N6O5S2. The quantitative estimate of drug-likeness (QED) is 0.262. The number of aliphatic hydroxyl groups excluding tert-OH is 1. The largest absolute Gasteiger partial charge is 0.463 e. The molecule has 1 aromatic carbocycles.